The van der Waals surface area contributed by atoms with Crippen molar-refractivity contribution >= 4 is 24.7 Å². The van der Waals surface area contributed by atoms with E-state index in [-0.39, 0.29) is 22.6 Å². The molecule has 0 aliphatic rings. The van der Waals surface area contributed by atoms with Gasteiger partial charge in [0.05, 0.1) is 9.85 Å². The first kappa shape index (κ1) is 19.5. The molecule has 2 rings (SSSR count). The molecule has 0 spiro atoms. The molecule has 0 heterocycles. The minimum absolute atomic E-state index is 0.169. The van der Waals surface area contributed by atoms with Gasteiger partial charge in [-0.25, -0.2) is 0 Å². The van der Waals surface area contributed by atoms with Gasteiger partial charge in [0.1, 0.15) is 0 Å². The number of benzene rings is 2. The first-order valence-electron chi connectivity index (χ1n) is 7.27. The second kappa shape index (κ2) is 8.05. The van der Waals surface area contributed by atoms with Gasteiger partial charge in [-0.05, 0) is 11.6 Å². The summed E-state index contributed by atoms with van der Waals surface area (Å²) >= 11 is 0. The fourth-order valence-electron chi connectivity index (χ4n) is 2.31. The number of hydrogen-bond acceptors (Lipinski definition) is 8. The van der Waals surface area contributed by atoms with Gasteiger partial charge in [-0.3, -0.25) is 24.8 Å². The monoisotopic (exact) mass is 381 g/mol. The first-order valence-corrected chi connectivity index (χ1v) is 8.88. The van der Waals surface area contributed by atoms with Crippen LogP contribution in [0.5, 0.6) is 0 Å². The molecule has 1 atom stereocenters. The van der Waals surface area contributed by atoms with Crippen molar-refractivity contribution in [2.24, 2.45) is 0 Å². The van der Waals surface area contributed by atoms with Gasteiger partial charge in [0, 0.05) is 44.2 Å². The lowest BCUT2D eigenvalue weighted by atomic mass is 10.2. The third-order valence-electron chi connectivity index (χ3n) is 3.58. The van der Waals surface area contributed by atoms with Gasteiger partial charge in [-0.1, -0.05) is 18.2 Å². The van der Waals surface area contributed by atoms with E-state index in [1.807, 2.05) is 0 Å². The molecule has 0 aliphatic carbocycles. The molecule has 138 valence electrons. The summed E-state index contributed by atoms with van der Waals surface area (Å²) < 4.78 is 23.0. The van der Waals surface area contributed by atoms with Crippen LogP contribution in [0.3, 0.4) is 0 Å². The number of nitro groups is 2. The van der Waals surface area contributed by atoms with E-state index in [4.69, 9.17) is 9.05 Å². The van der Waals surface area contributed by atoms with E-state index in [9.17, 15) is 24.8 Å². The van der Waals surface area contributed by atoms with Gasteiger partial charge >= 0.3 is 7.60 Å². The second-order valence-electron chi connectivity index (χ2n) is 5.11. The van der Waals surface area contributed by atoms with Crippen LogP contribution in [0, 0.1) is 20.2 Å². The Hall–Kier alpha value is -2.81. The zero-order chi connectivity index (χ0) is 19.3. The van der Waals surface area contributed by atoms with Gasteiger partial charge in [-0.15, -0.1) is 0 Å². The van der Waals surface area contributed by atoms with E-state index < -0.39 is 23.2 Å². The van der Waals surface area contributed by atoms with Gasteiger partial charge in [0.25, 0.3) is 11.4 Å². The van der Waals surface area contributed by atoms with E-state index in [2.05, 4.69) is 5.32 Å². The third kappa shape index (κ3) is 4.23. The maximum absolute atomic E-state index is 12.9. The lowest BCUT2D eigenvalue weighted by Crippen LogP contribution is -2.14. The van der Waals surface area contributed by atoms with Crippen LogP contribution in [0.4, 0.5) is 17.1 Å². The molecule has 1 N–H and O–H groups in total. The normalized spacial score (nSPS) is 12.4. The Kier molecular flexibility index (Phi) is 6.04. The Morgan fingerprint density at radius 1 is 0.962 bits per heavy atom. The van der Waals surface area contributed by atoms with Crippen molar-refractivity contribution in [1.29, 1.82) is 0 Å². The Labute approximate surface area is 148 Å². The molecule has 0 aliphatic heterocycles. The number of anilines is 1. The van der Waals surface area contributed by atoms with E-state index in [0.717, 1.165) is 0 Å². The predicted octanol–water partition coefficient (Wildman–Crippen LogP) is 4.10. The summed E-state index contributed by atoms with van der Waals surface area (Å²) in [6, 6.07) is 11.0. The molecule has 0 radical (unpaired) electrons. The zero-order valence-electron chi connectivity index (χ0n) is 13.9. The predicted molar refractivity (Wildman–Crippen MR) is 94.2 cm³/mol. The van der Waals surface area contributed by atoms with Crippen molar-refractivity contribution in [2.75, 3.05) is 19.5 Å². The number of nitrogens with zero attached hydrogens (tertiary/aromatic N) is 2. The standard InChI is InChI=1S/C15H16N3O7P/c1-24-26(23,25-2)15(11-5-3-7-13(9-11)17(19)20)16-12-6-4-8-14(10-12)18(21)22/h3-10,15-16H,1-2H3/t15-/m1/s1. The van der Waals surface area contributed by atoms with E-state index >= 15 is 0 Å². The highest BCUT2D eigenvalue weighted by Gasteiger charge is 2.36. The first-order chi connectivity index (χ1) is 12.3. The smallest absolute Gasteiger partial charge is 0.356 e. The molecule has 0 saturated heterocycles. The number of nitro benzene ring substituents is 2. The Morgan fingerprint density at radius 2 is 1.50 bits per heavy atom. The fourth-order valence-corrected chi connectivity index (χ4v) is 3.71. The molecule has 2 aromatic rings. The summed E-state index contributed by atoms with van der Waals surface area (Å²) in [5, 5.41) is 24.8. The van der Waals surface area contributed by atoms with Crippen LogP contribution >= 0.6 is 7.60 Å². The molecule has 0 saturated carbocycles. The lowest BCUT2D eigenvalue weighted by Gasteiger charge is -2.26. The lowest BCUT2D eigenvalue weighted by molar-refractivity contribution is -0.385. The molecule has 0 unspecified atom stereocenters. The van der Waals surface area contributed by atoms with Crippen LogP contribution in [-0.2, 0) is 13.6 Å². The highest BCUT2D eigenvalue weighted by atomic mass is 31.2. The average molecular weight is 381 g/mol. The van der Waals surface area contributed by atoms with Crippen LogP contribution in [0.1, 0.15) is 11.3 Å². The summed E-state index contributed by atoms with van der Waals surface area (Å²) in [6.45, 7) is 0. The molecule has 10 nitrogen and oxygen atoms in total. The molecule has 0 fully saturated rings. The second-order valence-corrected chi connectivity index (χ2v) is 7.44. The summed E-state index contributed by atoms with van der Waals surface area (Å²) in [6.07, 6.45) is 0. The van der Waals surface area contributed by atoms with Gasteiger partial charge in [0.2, 0.25) is 0 Å². The van der Waals surface area contributed by atoms with Crippen LogP contribution < -0.4 is 5.32 Å². The number of rotatable bonds is 8. The van der Waals surface area contributed by atoms with Crippen molar-refractivity contribution in [1.82, 2.24) is 0 Å². The summed E-state index contributed by atoms with van der Waals surface area (Å²) in [5.41, 5.74) is 0.187. The Balaban J connectivity index is 2.50. The number of non-ortho nitro benzene ring substituents is 2. The quantitative estimate of drug-likeness (QED) is 0.410. The van der Waals surface area contributed by atoms with Crippen molar-refractivity contribution in [3.63, 3.8) is 0 Å². The highest BCUT2D eigenvalue weighted by molar-refractivity contribution is 7.54. The molecular weight excluding hydrogens is 365 g/mol. The maximum atomic E-state index is 12.9. The van der Waals surface area contributed by atoms with Gasteiger partial charge < -0.3 is 14.4 Å². The minimum atomic E-state index is -3.77. The van der Waals surface area contributed by atoms with E-state index in [0.29, 0.717) is 0 Å². The summed E-state index contributed by atoms with van der Waals surface area (Å²) in [4.78, 5) is 20.8. The largest absolute Gasteiger partial charge is 0.368 e. The van der Waals surface area contributed by atoms with Gasteiger partial charge in [-0.2, -0.15) is 0 Å². The maximum Gasteiger partial charge on any atom is 0.356 e. The third-order valence-corrected chi connectivity index (χ3v) is 5.66. The summed E-state index contributed by atoms with van der Waals surface area (Å²) in [7, 11) is -1.40. The van der Waals surface area contributed by atoms with E-state index in [1.54, 1.807) is 0 Å². The van der Waals surface area contributed by atoms with Crippen molar-refractivity contribution in [2.45, 2.75) is 5.78 Å². The van der Waals surface area contributed by atoms with Crippen LogP contribution in [0.15, 0.2) is 48.5 Å². The molecular formula is C15H16N3O7P. The van der Waals surface area contributed by atoms with Crippen molar-refractivity contribution in [3.05, 3.63) is 74.3 Å². The van der Waals surface area contributed by atoms with E-state index in [1.165, 1.54) is 62.8 Å². The van der Waals surface area contributed by atoms with Crippen LogP contribution in [0.25, 0.3) is 0 Å². The highest BCUT2D eigenvalue weighted by Crippen LogP contribution is 2.59. The topological polar surface area (TPSA) is 134 Å². The van der Waals surface area contributed by atoms with Gasteiger partial charge in [0.15, 0.2) is 5.78 Å². The summed E-state index contributed by atoms with van der Waals surface area (Å²) in [5.74, 6) is -1.11. The molecule has 26 heavy (non-hydrogen) atoms. The minimum Gasteiger partial charge on any atom is -0.368 e. The zero-order valence-corrected chi connectivity index (χ0v) is 14.8. The molecule has 0 amide bonds. The Bertz CT molecular complexity index is 866. The van der Waals surface area contributed by atoms with Crippen LogP contribution in [-0.4, -0.2) is 24.1 Å². The molecule has 0 aromatic heterocycles. The number of nitrogens with one attached hydrogen (secondary N) is 1. The average Bonchev–Trinajstić information content (AvgIpc) is 2.65. The Morgan fingerprint density at radius 3 is 2.04 bits per heavy atom. The molecule has 0 bridgehead atoms. The van der Waals surface area contributed by atoms with Crippen molar-refractivity contribution in [3.8, 4) is 0 Å². The molecule has 2 aromatic carbocycles. The number of hydrogen-bond donors (Lipinski definition) is 1. The van der Waals surface area contributed by atoms with Crippen LogP contribution in [0.2, 0.25) is 0 Å². The van der Waals surface area contributed by atoms with Crippen molar-refractivity contribution < 1.29 is 23.5 Å². The fraction of sp³-hybridized carbons (Fsp3) is 0.200. The molecule has 11 heteroatoms. The SMILES string of the molecule is COP(=O)(OC)[C@@H](Nc1cccc([N+](=O)[O-])c1)c1cccc([N+](=O)[O-])c1.